The topological polar surface area (TPSA) is 42.4 Å². The van der Waals surface area contributed by atoms with Crippen molar-refractivity contribution in [3.8, 4) is 0 Å². The summed E-state index contributed by atoms with van der Waals surface area (Å²) < 4.78 is 6.65. The molecule has 124 valence electrons. The quantitative estimate of drug-likeness (QED) is 0.664. The van der Waals surface area contributed by atoms with E-state index in [-0.39, 0.29) is 12.5 Å². The van der Waals surface area contributed by atoms with Crippen LogP contribution in [0, 0.1) is 0 Å². The number of carbonyl (C=O) groups is 1. The molecule has 3 aromatic rings. The SMILES string of the molecule is CN(Cc1cccc(Cl)c1)C(=O)COCc1nc2ccccc2s1. The van der Waals surface area contributed by atoms with E-state index in [1.807, 2.05) is 48.5 Å². The van der Waals surface area contributed by atoms with Crippen molar-refractivity contribution >= 4 is 39.1 Å². The number of halogens is 1. The number of likely N-dealkylation sites (N-methyl/N-ethyl adjacent to an activating group) is 1. The highest BCUT2D eigenvalue weighted by molar-refractivity contribution is 7.18. The molecule has 0 unspecified atom stereocenters. The lowest BCUT2D eigenvalue weighted by Crippen LogP contribution is -2.29. The second kappa shape index (κ2) is 7.75. The number of benzene rings is 2. The van der Waals surface area contributed by atoms with Gasteiger partial charge in [0.05, 0.1) is 16.8 Å². The number of aromatic nitrogens is 1. The average Bonchev–Trinajstić information content (AvgIpc) is 2.97. The number of ether oxygens (including phenoxy) is 1. The molecule has 1 heterocycles. The molecule has 4 nitrogen and oxygen atoms in total. The standard InChI is InChI=1S/C18H17ClN2O2S/c1-21(10-13-5-4-6-14(19)9-13)18(22)12-23-11-17-20-15-7-2-3-8-16(15)24-17/h2-9H,10-12H2,1H3. The maximum absolute atomic E-state index is 12.1. The van der Waals surface area contributed by atoms with Gasteiger partial charge in [-0.25, -0.2) is 4.98 Å². The summed E-state index contributed by atoms with van der Waals surface area (Å²) in [6.45, 7) is 0.882. The molecule has 0 aliphatic carbocycles. The first-order valence-corrected chi connectivity index (χ1v) is 8.72. The zero-order valence-electron chi connectivity index (χ0n) is 13.2. The van der Waals surface area contributed by atoms with Crippen molar-refractivity contribution in [1.29, 1.82) is 0 Å². The molecule has 3 rings (SSSR count). The van der Waals surface area contributed by atoms with Crippen LogP contribution in [0.4, 0.5) is 0 Å². The van der Waals surface area contributed by atoms with Gasteiger partial charge in [-0.15, -0.1) is 11.3 Å². The Hall–Kier alpha value is -1.95. The average molecular weight is 361 g/mol. The molecule has 0 aliphatic heterocycles. The summed E-state index contributed by atoms with van der Waals surface area (Å²) in [6.07, 6.45) is 0. The molecule has 0 saturated heterocycles. The van der Waals surface area contributed by atoms with E-state index in [9.17, 15) is 4.79 Å². The second-order valence-corrected chi connectivity index (χ2v) is 7.00. The largest absolute Gasteiger partial charge is 0.364 e. The van der Waals surface area contributed by atoms with Gasteiger partial charge >= 0.3 is 0 Å². The zero-order valence-corrected chi connectivity index (χ0v) is 14.8. The van der Waals surface area contributed by atoms with Crippen molar-refractivity contribution in [2.24, 2.45) is 0 Å². The monoisotopic (exact) mass is 360 g/mol. The van der Waals surface area contributed by atoms with Crippen LogP contribution < -0.4 is 0 Å². The first-order chi connectivity index (χ1) is 11.6. The number of para-hydroxylation sites is 1. The molecule has 1 amide bonds. The van der Waals surface area contributed by atoms with Gasteiger partial charge in [0.2, 0.25) is 5.91 Å². The molecular formula is C18H17ClN2O2S. The summed E-state index contributed by atoms with van der Waals surface area (Å²) in [5, 5.41) is 1.54. The van der Waals surface area contributed by atoms with Crippen LogP contribution in [-0.2, 0) is 22.7 Å². The molecule has 2 aromatic carbocycles. The fourth-order valence-corrected chi connectivity index (χ4v) is 3.43. The lowest BCUT2D eigenvalue weighted by atomic mass is 10.2. The van der Waals surface area contributed by atoms with Crippen LogP contribution in [-0.4, -0.2) is 29.4 Å². The maximum atomic E-state index is 12.1. The predicted octanol–water partition coefficient (Wildman–Crippen LogP) is 4.12. The fourth-order valence-electron chi connectivity index (χ4n) is 2.31. The van der Waals surface area contributed by atoms with E-state index in [0.29, 0.717) is 18.2 Å². The normalized spacial score (nSPS) is 10.9. The van der Waals surface area contributed by atoms with Gasteiger partial charge in [0.1, 0.15) is 11.6 Å². The minimum Gasteiger partial charge on any atom is -0.364 e. The predicted molar refractivity (Wildman–Crippen MR) is 97.2 cm³/mol. The van der Waals surface area contributed by atoms with Gasteiger partial charge in [-0.05, 0) is 29.8 Å². The summed E-state index contributed by atoms with van der Waals surface area (Å²) in [5.41, 5.74) is 1.95. The van der Waals surface area contributed by atoms with Gasteiger partial charge in [0, 0.05) is 18.6 Å². The minimum atomic E-state index is -0.0731. The van der Waals surface area contributed by atoms with Crippen LogP contribution in [0.2, 0.25) is 5.02 Å². The highest BCUT2D eigenvalue weighted by Gasteiger charge is 2.11. The van der Waals surface area contributed by atoms with Gasteiger partial charge in [0.25, 0.3) is 0 Å². The lowest BCUT2D eigenvalue weighted by Gasteiger charge is -2.17. The third kappa shape index (κ3) is 4.32. The van der Waals surface area contributed by atoms with E-state index < -0.39 is 0 Å². The number of amides is 1. The van der Waals surface area contributed by atoms with E-state index in [4.69, 9.17) is 16.3 Å². The molecule has 0 spiro atoms. The van der Waals surface area contributed by atoms with Crippen molar-refractivity contribution in [1.82, 2.24) is 9.88 Å². The number of rotatable bonds is 6. The molecular weight excluding hydrogens is 344 g/mol. The van der Waals surface area contributed by atoms with E-state index in [2.05, 4.69) is 4.98 Å². The lowest BCUT2D eigenvalue weighted by molar-refractivity contribution is -0.135. The van der Waals surface area contributed by atoms with Crippen LogP contribution >= 0.6 is 22.9 Å². The third-order valence-electron chi connectivity index (χ3n) is 3.52. The Labute approximate surface area is 149 Å². The number of fused-ring (bicyclic) bond motifs is 1. The van der Waals surface area contributed by atoms with Crippen molar-refractivity contribution in [2.45, 2.75) is 13.2 Å². The van der Waals surface area contributed by atoms with Gasteiger partial charge < -0.3 is 9.64 Å². The Balaban J connectivity index is 1.49. The number of nitrogens with zero attached hydrogens (tertiary/aromatic N) is 2. The summed E-state index contributed by atoms with van der Waals surface area (Å²) in [5.74, 6) is -0.0731. The van der Waals surface area contributed by atoms with Crippen molar-refractivity contribution in [3.05, 3.63) is 64.1 Å². The molecule has 0 N–H and O–H groups in total. The Kier molecular flexibility index (Phi) is 5.45. The molecule has 0 atom stereocenters. The van der Waals surface area contributed by atoms with E-state index >= 15 is 0 Å². The third-order valence-corrected chi connectivity index (χ3v) is 4.77. The van der Waals surface area contributed by atoms with Gasteiger partial charge in [-0.3, -0.25) is 4.79 Å². The van der Waals surface area contributed by atoms with Gasteiger partial charge in [0.15, 0.2) is 0 Å². The van der Waals surface area contributed by atoms with Crippen molar-refractivity contribution < 1.29 is 9.53 Å². The van der Waals surface area contributed by atoms with Crippen molar-refractivity contribution in [2.75, 3.05) is 13.7 Å². The summed E-state index contributed by atoms with van der Waals surface area (Å²) >= 11 is 7.54. The molecule has 0 saturated carbocycles. The highest BCUT2D eigenvalue weighted by Crippen LogP contribution is 2.22. The zero-order chi connectivity index (χ0) is 16.9. The highest BCUT2D eigenvalue weighted by atomic mass is 35.5. The first kappa shape index (κ1) is 16.9. The Morgan fingerprint density at radius 2 is 2.08 bits per heavy atom. The van der Waals surface area contributed by atoms with E-state index in [1.54, 1.807) is 23.3 Å². The number of hydrogen-bond donors (Lipinski definition) is 0. The van der Waals surface area contributed by atoms with Crippen LogP contribution in [0.15, 0.2) is 48.5 Å². The Morgan fingerprint density at radius 1 is 1.25 bits per heavy atom. The molecule has 0 aliphatic rings. The van der Waals surface area contributed by atoms with Crippen LogP contribution in [0.25, 0.3) is 10.2 Å². The van der Waals surface area contributed by atoms with Gasteiger partial charge in [-0.2, -0.15) is 0 Å². The Morgan fingerprint density at radius 3 is 2.88 bits per heavy atom. The number of carbonyl (C=O) groups excluding carboxylic acids is 1. The van der Waals surface area contributed by atoms with Gasteiger partial charge in [-0.1, -0.05) is 35.9 Å². The van der Waals surface area contributed by atoms with Crippen LogP contribution in [0.3, 0.4) is 0 Å². The molecule has 0 fully saturated rings. The maximum Gasteiger partial charge on any atom is 0.248 e. The van der Waals surface area contributed by atoms with Crippen LogP contribution in [0.5, 0.6) is 0 Å². The fraction of sp³-hybridized carbons (Fsp3) is 0.222. The van der Waals surface area contributed by atoms with Crippen LogP contribution in [0.1, 0.15) is 10.6 Å². The summed E-state index contributed by atoms with van der Waals surface area (Å²) in [4.78, 5) is 18.3. The summed E-state index contributed by atoms with van der Waals surface area (Å²) in [7, 11) is 1.75. The Bertz CT molecular complexity index is 817. The molecule has 0 radical (unpaired) electrons. The molecule has 1 aromatic heterocycles. The molecule has 24 heavy (non-hydrogen) atoms. The number of thiazole rings is 1. The smallest absolute Gasteiger partial charge is 0.248 e. The minimum absolute atomic E-state index is 0.0347. The second-order valence-electron chi connectivity index (χ2n) is 5.45. The van der Waals surface area contributed by atoms with E-state index in [0.717, 1.165) is 20.8 Å². The van der Waals surface area contributed by atoms with E-state index in [1.165, 1.54) is 0 Å². The van der Waals surface area contributed by atoms with Crippen molar-refractivity contribution in [3.63, 3.8) is 0 Å². The number of hydrogen-bond acceptors (Lipinski definition) is 4. The molecule has 0 bridgehead atoms. The first-order valence-electron chi connectivity index (χ1n) is 7.52. The summed E-state index contributed by atoms with van der Waals surface area (Å²) in [6, 6.07) is 15.4. The molecule has 6 heteroatoms.